The second-order valence-electron chi connectivity index (χ2n) is 4.83. The number of hydrogen-bond donors (Lipinski definition) is 1. The minimum Gasteiger partial charge on any atom is -0.480 e. The lowest BCUT2D eigenvalue weighted by Crippen LogP contribution is -2.31. The fraction of sp³-hybridized carbons (Fsp3) is 0.250. The number of benzene rings is 1. The smallest absolute Gasteiger partial charge is 0.344 e. The van der Waals surface area contributed by atoms with E-state index in [0.29, 0.717) is 10.8 Å². The quantitative estimate of drug-likeness (QED) is 0.732. The molecule has 1 amide bonds. The predicted molar refractivity (Wildman–Crippen MR) is 93.8 cm³/mol. The molecule has 1 aromatic heterocycles. The average Bonchev–Trinajstić information content (AvgIpc) is 3.06. The molecule has 0 saturated carbocycles. The van der Waals surface area contributed by atoms with Crippen molar-refractivity contribution in [1.29, 1.82) is 0 Å². The van der Waals surface area contributed by atoms with Crippen LogP contribution >= 0.6 is 34.5 Å². The first-order valence-electron chi connectivity index (χ1n) is 7.02. The molecule has 0 fully saturated rings. The Morgan fingerprint density at radius 3 is 2.71 bits per heavy atom. The third kappa shape index (κ3) is 5.70. The van der Waals surface area contributed by atoms with Gasteiger partial charge in [0, 0.05) is 9.90 Å². The summed E-state index contributed by atoms with van der Waals surface area (Å²) in [5, 5.41) is 5.43. The highest BCUT2D eigenvalue weighted by Crippen LogP contribution is 2.27. The third-order valence-corrected chi connectivity index (χ3v) is 4.54. The molecule has 128 valence electrons. The summed E-state index contributed by atoms with van der Waals surface area (Å²) in [5.74, 6) is -0.734. The van der Waals surface area contributed by atoms with Crippen molar-refractivity contribution >= 4 is 46.4 Å². The molecule has 2 aromatic rings. The second-order valence-corrected chi connectivity index (χ2v) is 6.65. The molecule has 0 radical (unpaired) electrons. The van der Waals surface area contributed by atoms with E-state index >= 15 is 0 Å². The maximum absolute atomic E-state index is 11.8. The number of carbonyl (C=O) groups excluding carboxylic acids is 2. The zero-order valence-electron chi connectivity index (χ0n) is 12.8. The first-order valence-corrected chi connectivity index (χ1v) is 8.65. The molecule has 1 heterocycles. The molecule has 1 N–H and O–H groups in total. The Hall–Kier alpha value is -1.76. The van der Waals surface area contributed by atoms with Crippen LogP contribution in [-0.2, 0) is 14.3 Å². The number of ether oxygens (including phenoxy) is 2. The van der Waals surface area contributed by atoms with Crippen LogP contribution in [0.2, 0.25) is 10.0 Å². The first-order chi connectivity index (χ1) is 11.5. The fourth-order valence-corrected chi connectivity index (χ4v) is 3.01. The number of amides is 1. The summed E-state index contributed by atoms with van der Waals surface area (Å²) < 4.78 is 10.1. The van der Waals surface area contributed by atoms with Crippen LogP contribution in [0.3, 0.4) is 0 Å². The summed E-state index contributed by atoms with van der Waals surface area (Å²) in [5.41, 5.74) is 0. The molecule has 8 heteroatoms. The van der Waals surface area contributed by atoms with Gasteiger partial charge < -0.3 is 14.8 Å². The highest BCUT2D eigenvalue weighted by molar-refractivity contribution is 7.10. The van der Waals surface area contributed by atoms with E-state index in [-0.39, 0.29) is 30.2 Å². The number of nitrogens with one attached hydrogen (secondary N) is 1. The molecule has 5 nitrogen and oxygen atoms in total. The van der Waals surface area contributed by atoms with Crippen LogP contribution in [0.5, 0.6) is 5.75 Å². The molecule has 0 aliphatic rings. The van der Waals surface area contributed by atoms with E-state index in [1.165, 1.54) is 6.07 Å². The van der Waals surface area contributed by atoms with Gasteiger partial charge in [-0.2, -0.15) is 0 Å². The summed E-state index contributed by atoms with van der Waals surface area (Å²) in [7, 11) is 0. The van der Waals surface area contributed by atoms with E-state index in [0.717, 1.165) is 4.88 Å². The summed E-state index contributed by atoms with van der Waals surface area (Å²) in [6.45, 7) is 1.14. The van der Waals surface area contributed by atoms with Crippen LogP contribution in [0, 0.1) is 0 Å². The number of carbonyl (C=O) groups is 2. The van der Waals surface area contributed by atoms with E-state index < -0.39 is 5.97 Å². The molecule has 2 rings (SSSR count). The number of hydrogen-bond acceptors (Lipinski definition) is 5. The molecule has 0 saturated heterocycles. The highest BCUT2D eigenvalue weighted by atomic mass is 35.5. The van der Waals surface area contributed by atoms with Gasteiger partial charge in [0.25, 0.3) is 5.91 Å². The molecule has 1 aromatic carbocycles. The van der Waals surface area contributed by atoms with Gasteiger partial charge in [-0.15, -0.1) is 11.3 Å². The molecule has 1 atom stereocenters. The summed E-state index contributed by atoms with van der Waals surface area (Å²) in [6, 6.07) is 8.33. The number of esters is 1. The van der Waals surface area contributed by atoms with E-state index in [2.05, 4.69) is 5.32 Å². The largest absolute Gasteiger partial charge is 0.480 e. The Labute approximate surface area is 153 Å². The van der Waals surface area contributed by atoms with E-state index in [4.69, 9.17) is 32.7 Å². The van der Waals surface area contributed by atoms with Crippen LogP contribution in [-0.4, -0.2) is 25.1 Å². The lowest BCUT2D eigenvalue weighted by atomic mass is 10.3. The van der Waals surface area contributed by atoms with Gasteiger partial charge >= 0.3 is 5.97 Å². The van der Waals surface area contributed by atoms with Gasteiger partial charge in [-0.25, -0.2) is 4.79 Å². The lowest BCUT2D eigenvalue weighted by molar-refractivity contribution is -0.150. The van der Waals surface area contributed by atoms with E-state index in [1.807, 2.05) is 24.4 Å². The summed E-state index contributed by atoms with van der Waals surface area (Å²) in [4.78, 5) is 24.4. The molecule has 0 spiro atoms. The van der Waals surface area contributed by atoms with Crippen molar-refractivity contribution < 1.29 is 19.1 Å². The van der Waals surface area contributed by atoms with Crippen LogP contribution in [0.4, 0.5) is 0 Å². The molecular formula is C16H15Cl2NO4S. The van der Waals surface area contributed by atoms with Crippen molar-refractivity contribution in [2.24, 2.45) is 0 Å². The van der Waals surface area contributed by atoms with Gasteiger partial charge in [-0.05, 0) is 36.6 Å². The summed E-state index contributed by atoms with van der Waals surface area (Å²) >= 11 is 13.2. The van der Waals surface area contributed by atoms with Crippen molar-refractivity contribution in [2.75, 3.05) is 13.2 Å². The van der Waals surface area contributed by atoms with Gasteiger partial charge in [0.15, 0.2) is 13.2 Å². The Morgan fingerprint density at radius 2 is 2.04 bits per heavy atom. The molecule has 24 heavy (non-hydrogen) atoms. The molecular weight excluding hydrogens is 373 g/mol. The number of halogens is 2. The van der Waals surface area contributed by atoms with Gasteiger partial charge in [-0.3, -0.25) is 4.79 Å². The maximum atomic E-state index is 11.8. The van der Waals surface area contributed by atoms with E-state index in [9.17, 15) is 9.59 Å². The number of rotatable bonds is 7. The van der Waals surface area contributed by atoms with Crippen molar-refractivity contribution in [3.05, 3.63) is 50.6 Å². The van der Waals surface area contributed by atoms with Gasteiger partial charge in [0.1, 0.15) is 5.75 Å². The minimum atomic E-state index is -0.667. The monoisotopic (exact) mass is 387 g/mol. The van der Waals surface area contributed by atoms with Crippen molar-refractivity contribution in [2.45, 2.75) is 13.0 Å². The SMILES string of the molecule is C[C@@H](NC(=O)COC(=O)COc1ccc(Cl)cc1Cl)c1cccs1. The Balaban J connectivity index is 1.71. The van der Waals surface area contributed by atoms with Gasteiger partial charge in [-0.1, -0.05) is 29.3 Å². The Bertz CT molecular complexity index is 706. The normalized spacial score (nSPS) is 11.6. The van der Waals surface area contributed by atoms with Crippen LogP contribution < -0.4 is 10.1 Å². The summed E-state index contributed by atoms with van der Waals surface area (Å²) in [6.07, 6.45) is 0. The molecule has 0 aliphatic heterocycles. The third-order valence-electron chi connectivity index (χ3n) is 2.95. The zero-order chi connectivity index (χ0) is 17.5. The number of thiophene rings is 1. The van der Waals surface area contributed by atoms with Crippen LogP contribution in [0.1, 0.15) is 17.8 Å². The van der Waals surface area contributed by atoms with E-state index in [1.54, 1.807) is 23.5 Å². The fourth-order valence-electron chi connectivity index (χ4n) is 1.81. The lowest BCUT2D eigenvalue weighted by Gasteiger charge is -2.12. The standard InChI is InChI=1S/C16H15Cl2NO4S/c1-10(14-3-2-6-24-14)19-15(20)8-23-16(21)9-22-13-5-4-11(17)7-12(13)18/h2-7,10H,8-9H2,1H3,(H,19,20)/t10-/m1/s1. The van der Waals surface area contributed by atoms with Gasteiger partial charge in [0.05, 0.1) is 11.1 Å². The van der Waals surface area contributed by atoms with Crippen molar-refractivity contribution in [3.8, 4) is 5.75 Å². The predicted octanol–water partition coefficient (Wildman–Crippen LogP) is 3.85. The van der Waals surface area contributed by atoms with Crippen LogP contribution in [0.15, 0.2) is 35.7 Å². The van der Waals surface area contributed by atoms with Crippen LogP contribution in [0.25, 0.3) is 0 Å². The Kier molecular flexibility index (Phi) is 6.90. The molecule has 0 bridgehead atoms. The molecule has 0 aliphatic carbocycles. The van der Waals surface area contributed by atoms with Crippen molar-refractivity contribution in [3.63, 3.8) is 0 Å². The first kappa shape index (κ1) is 18.6. The average molecular weight is 388 g/mol. The van der Waals surface area contributed by atoms with Crippen molar-refractivity contribution in [1.82, 2.24) is 5.32 Å². The molecule has 0 unspecified atom stereocenters. The minimum absolute atomic E-state index is 0.139. The Morgan fingerprint density at radius 1 is 1.25 bits per heavy atom. The highest BCUT2D eigenvalue weighted by Gasteiger charge is 2.13. The zero-order valence-corrected chi connectivity index (χ0v) is 15.1. The van der Waals surface area contributed by atoms with Gasteiger partial charge in [0.2, 0.25) is 0 Å². The topological polar surface area (TPSA) is 64.6 Å². The second kappa shape index (κ2) is 8.92. The maximum Gasteiger partial charge on any atom is 0.344 e.